The first-order chi connectivity index (χ1) is 9.17. The molecule has 0 spiro atoms. The molecule has 1 N–H and O–H groups in total. The summed E-state index contributed by atoms with van der Waals surface area (Å²) in [6.45, 7) is 8.34. The Balaban J connectivity index is 2.01. The molecule has 0 aromatic carbocycles. The van der Waals surface area contributed by atoms with E-state index >= 15 is 0 Å². The van der Waals surface area contributed by atoms with Crippen molar-refractivity contribution in [3.05, 3.63) is 12.2 Å². The van der Waals surface area contributed by atoms with Gasteiger partial charge in [-0.3, -0.25) is 4.68 Å². The first-order valence-corrected chi connectivity index (χ1v) is 7.48. The average Bonchev–Trinajstić information content (AvgIpc) is 2.72. The molecule has 0 amide bonds. The van der Waals surface area contributed by atoms with E-state index in [9.17, 15) is 5.11 Å². The van der Waals surface area contributed by atoms with E-state index < -0.39 is 5.60 Å². The lowest BCUT2D eigenvalue weighted by Gasteiger charge is -2.26. The topological polar surface area (TPSA) is 54.2 Å². The highest BCUT2D eigenvalue weighted by atomic mass is 16.3. The predicted octanol–water partition coefficient (Wildman–Crippen LogP) is 1.47. The maximum Gasteiger partial charge on any atom is 0.138 e. The Morgan fingerprint density at radius 1 is 1.32 bits per heavy atom. The summed E-state index contributed by atoms with van der Waals surface area (Å²) in [5, 5.41) is 15.1. The van der Waals surface area contributed by atoms with Crippen molar-refractivity contribution >= 4 is 0 Å². The minimum absolute atomic E-state index is 0.609. The lowest BCUT2D eigenvalue weighted by Crippen LogP contribution is -2.34. The zero-order valence-electron chi connectivity index (χ0n) is 12.2. The third-order valence-electron chi connectivity index (χ3n) is 4.08. The molecule has 0 radical (unpaired) electrons. The van der Waals surface area contributed by atoms with E-state index in [1.54, 1.807) is 6.33 Å². The number of aryl methyl sites for hydroxylation is 1. The summed E-state index contributed by atoms with van der Waals surface area (Å²) in [5.41, 5.74) is -0.609. The molecule has 19 heavy (non-hydrogen) atoms. The van der Waals surface area contributed by atoms with Gasteiger partial charge in [0.05, 0.1) is 5.60 Å². The smallest absolute Gasteiger partial charge is 0.138 e. The molecular formula is C14H26N4O. The zero-order valence-corrected chi connectivity index (χ0v) is 12.2. The molecule has 1 atom stereocenters. The molecule has 2 heterocycles. The van der Waals surface area contributed by atoms with Gasteiger partial charge in [0, 0.05) is 19.5 Å². The van der Waals surface area contributed by atoms with Crippen LogP contribution in [0.4, 0.5) is 0 Å². The van der Waals surface area contributed by atoms with Crippen molar-refractivity contribution in [2.75, 3.05) is 19.6 Å². The van der Waals surface area contributed by atoms with Gasteiger partial charge in [-0.15, -0.1) is 0 Å². The van der Waals surface area contributed by atoms with Crippen LogP contribution >= 0.6 is 0 Å². The predicted molar refractivity (Wildman–Crippen MR) is 74.9 cm³/mol. The van der Waals surface area contributed by atoms with Crippen LogP contribution in [0.3, 0.4) is 0 Å². The van der Waals surface area contributed by atoms with Gasteiger partial charge in [0.15, 0.2) is 0 Å². The highest BCUT2D eigenvalue weighted by Crippen LogP contribution is 2.25. The molecule has 1 fully saturated rings. The van der Waals surface area contributed by atoms with E-state index in [1.165, 1.54) is 0 Å². The van der Waals surface area contributed by atoms with E-state index in [1.807, 2.05) is 4.68 Å². The van der Waals surface area contributed by atoms with Gasteiger partial charge in [-0.25, -0.2) is 4.98 Å². The Bertz CT molecular complexity index is 393. The standard InChI is InChI=1S/C14H26N4O/c1-3-8-18-13(15-12-16-18)11-14(19)6-5-9-17(4-2)10-7-14/h12,19H,3-11H2,1-2H3. The lowest BCUT2D eigenvalue weighted by molar-refractivity contribution is 0.0229. The minimum atomic E-state index is -0.609. The van der Waals surface area contributed by atoms with Crippen molar-refractivity contribution in [1.29, 1.82) is 0 Å². The van der Waals surface area contributed by atoms with Crippen molar-refractivity contribution in [2.24, 2.45) is 0 Å². The molecule has 1 aromatic rings. The second-order valence-corrected chi connectivity index (χ2v) is 5.59. The molecule has 0 bridgehead atoms. The van der Waals surface area contributed by atoms with Crippen LogP contribution in [-0.2, 0) is 13.0 Å². The molecule has 108 valence electrons. The van der Waals surface area contributed by atoms with Crippen molar-refractivity contribution < 1.29 is 5.11 Å². The van der Waals surface area contributed by atoms with Gasteiger partial charge >= 0.3 is 0 Å². The normalized spacial score (nSPS) is 25.4. The van der Waals surface area contributed by atoms with Gasteiger partial charge in [-0.1, -0.05) is 13.8 Å². The van der Waals surface area contributed by atoms with Crippen molar-refractivity contribution in [3.8, 4) is 0 Å². The fourth-order valence-corrected chi connectivity index (χ4v) is 2.85. The highest BCUT2D eigenvalue weighted by molar-refractivity contribution is 4.96. The van der Waals surface area contributed by atoms with Gasteiger partial charge < -0.3 is 10.0 Å². The third kappa shape index (κ3) is 3.76. The molecule has 2 rings (SSSR count). The van der Waals surface area contributed by atoms with Crippen LogP contribution < -0.4 is 0 Å². The minimum Gasteiger partial charge on any atom is -0.389 e. The molecular weight excluding hydrogens is 240 g/mol. The highest BCUT2D eigenvalue weighted by Gasteiger charge is 2.31. The Kier molecular flexibility index (Phi) is 4.93. The summed E-state index contributed by atoms with van der Waals surface area (Å²) in [7, 11) is 0. The molecule has 1 aliphatic heterocycles. The maximum absolute atomic E-state index is 10.8. The maximum atomic E-state index is 10.8. The quantitative estimate of drug-likeness (QED) is 0.877. The van der Waals surface area contributed by atoms with Crippen molar-refractivity contribution in [1.82, 2.24) is 19.7 Å². The fraction of sp³-hybridized carbons (Fsp3) is 0.857. The summed E-state index contributed by atoms with van der Waals surface area (Å²) >= 11 is 0. The van der Waals surface area contributed by atoms with E-state index in [-0.39, 0.29) is 0 Å². The summed E-state index contributed by atoms with van der Waals surface area (Å²) in [5.74, 6) is 0.925. The monoisotopic (exact) mass is 266 g/mol. The van der Waals surface area contributed by atoms with Crippen LogP contribution in [0, 0.1) is 0 Å². The van der Waals surface area contributed by atoms with Crippen LogP contribution in [0.15, 0.2) is 6.33 Å². The Labute approximate surface area is 115 Å². The third-order valence-corrected chi connectivity index (χ3v) is 4.08. The summed E-state index contributed by atoms with van der Waals surface area (Å²) in [4.78, 5) is 6.73. The number of likely N-dealkylation sites (tertiary alicyclic amines) is 1. The summed E-state index contributed by atoms with van der Waals surface area (Å²) in [6, 6.07) is 0. The molecule has 5 nitrogen and oxygen atoms in total. The SMILES string of the molecule is CCCn1ncnc1CC1(O)CCCN(CC)CC1. The van der Waals surface area contributed by atoms with Gasteiger partial charge in [-0.2, -0.15) is 5.10 Å². The number of hydrogen-bond donors (Lipinski definition) is 1. The number of nitrogens with zero attached hydrogens (tertiary/aromatic N) is 4. The van der Waals surface area contributed by atoms with Crippen molar-refractivity contribution in [3.63, 3.8) is 0 Å². The van der Waals surface area contributed by atoms with Gasteiger partial charge in [0.1, 0.15) is 12.2 Å². The van der Waals surface area contributed by atoms with Crippen LogP contribution in [0.1, 0.15) is 45.4 Å². The van der Waals surface area contributed by atoms with E-state index in [4.69, 9.17) is 0 Å². The molecule has 1 aliphatic rings. The van der Waals surface area contributed by atoms with Gasteiger partial charge in [0.25, 0.3) is 0 Å². The average molecular weight is 266 g/mol. The van der Waals surface area contributed by atoms with E-state index in [0.29, 0.717) is 6.42 Å². The Hall–Kier alpha value is -0.940. The Morgan fingerprint density at radius 3 is 2.89 bits per heavy atom. The van der Waals surface area contributed by atoms with Crippen LogP contribution in [0.2, 0.25) is 0 Å². The second kappa shape index (κ2) is 6.48. The molecule has 1 unspecified atom stereocenters. The van der Waals surface area contributed by atoms with Gasteiger partial charge in [0.2, 0.25) is 0 Å². The summed E-state index contributed by atoms with van der Waals surface area (Å²) < 4.78 is 1.93. The first-order valence-electron chi connectivity index (χ1n) is 7.48. The number of aliphatic hydroxyl groups is 1. The fourth-order valence-electron chi connectivity index (χ4n) is 2.85. The zero-order chi connectivity index (χ0) is 13.7. The van der Waals surface area contributed by atoms with Crippen molar-refractivity contribution in [2.45, 2.75) is 58.1 Å². The van der Waals surface area contributed by atoms with Crippen LogP contribution in [0.5, 0.6) is 0 Å². The molecule has 0 aliphatic carbocycles. The molecule has 0 saturated carbocycles. The second-order valence-electron chi connectivity index (χ2n) is 5.59. The Morgan fingerprint density at radius 2 is 2.16 bits per heavy atom. The number of rotatable bonds is 5. The molecule has 1 aromatic heterocycles. The number of aromatic nitrogens is 3. The molecule has 5 heteroatoms. The largest absolute Gasteiger partial charge is 0.389 e. The summed E-state index contributed by atoms with van der Waals surface area (Å²) in [6.07, 6.45) is 6.03. The van der Waals surface area contributed by atoms with Crippen LogP contribution in [0.25, 0.3) is 0 Å². The molecule has 1 saturated heterocycles. The van der Waals surface area contributed by atoms with Gasteiger partial charge in [-0.05, 0) is 38.8 Å². The first kappa shape index (κ1) is 14.5. The van der Waals surface area contributed by atoms with Crippen LogP contribution in [-0.4, -0.2) is 50.0 Å². The van der Waals surface area contributed by atoms with E-state index in [2.05, 4.69) is 28.8 Å². The lowest BCUT2D eigenvalue weighted by atomic mass is 9.91. The van der Waals surface area contributed by atoms with E-state index in [0.717, 1.165) is 57.7 Å². The number of hydrogen-bond acceptors (Lipinski definition) is 4.